The predicted octanol–water partition coefficient (Wildman–Crippen LogP) is 3.20. The minimum Gasteiger partial charge on any atom is -0.339 e. The summed E-state index contributed by atoms with van der Waals surface area (Å²) in [5.41, 5.74) is 0. The van der Waals surface area contributed by atoms with Crippen LogP contribution in [0.3, 0.4) is 0 Å². The van der Waals surface area contributed by atoms with Gasteiger partial charge < -0.3 is 4.90 Å². The topological polar surface area (TPSA) is 20.3 Å². The van der Waals surface area contributed by atoms with Gasteiger partial charge >= 0.3 is 0 Å². The van der Waals surface area contributed by atoms with Crippen LogP contribution in [0.25, 0.3) is 0 Å². The van der Waals surface area contributed by atoms with Crippen molar-refractivity contribution < 1.29 is 4.79 Å². The molecule has 0 aromatic heterocycles. The van der Waals surface area contributed by atoms with Crippen molar-refractivity contribution in [1.29, 1.82) is 0 Å². The Balaban J connectivity index is 2.28. The fourth-order valence-corrected chi connectivity index (χ4v) is 2.55. The summed E-state index contributed by atoms with van der Waals surface area (Å²) in [6.07, 6.45) is 4.61. The van der Waals surface area contributed by atoms with Crippen LogP contribution in [0.4, 0.5) is 0 Å². The van der Waals surface area contributed by atoms with Crippen molar-refractivity contribution in [3.63, 3.8) is 0 Å². The van der Waals surface area contributed by atoms with Crippen LogP contribution in [0, 0.1) is 5.92 Å². The Hall–Kier alpha value is -0.0500. The fourth-order valence-electron chi connectivity index (χ4n) is 2.08. The summed E-state index contributed by atoms with van der Waals surface area (Å²) in [6.45, 7) is 7.60. The SMILES string of the molecule is CC(C)CCCC(C)N1CCC(Br)C1=O. The normalized spacial score (nSPS) is 23.9. The Labute approximate surface area is 102 Å². The molecule has 1 rings (SSSR count). The van der Waals surface area contributed by atoms with Gasteiger partial charge in [-0.25, -0.2) is 0 Å². The second kappa shape index (κ2) is 5.88. The summed E-state index contributed by atoms with van der Waals surface area (Å²) >= 11 is 3.41. The molecule has 2 unspecified atom stereocenters. The molecule has 0 radical (unpaired) electrons. The van der Waals surface area contributed by atoms with E-state index in [2.05, 4.69) is 36.7 Å². The number of halogens is 1. The zero-order valence-corrected chi connectivity index (χ0v) is 11.6. The molecule has 0 saturated carbocycles. The van der Waals surface area contributed by atoms with E-state index in [9.17, 15) is 4.79 Å². The van der Waals surface area contributed by atoms with Crippen LogP contribution in [0.1, 0.15) is 46.5 Å². The molecule has 2 atom stereocenters. The van der Waals surface area contributed by atoms with Crippen LogP contribution in [0.15, 0.2) is 0 Å². The molecule has 0 aliphatic carbocycles. The third-order valence-electron chi connectivity index (χ3n) is 3.11. The van der Waals surface area contributed by atoms with E-state index in [4.69, 9.17) is 0 Å². The standard InChI is InChI=1S/C12H22BrNO/c1-9(2)5-4-6-10(3)14-8-7-11(13)12(14)15/h9-11H,4-8H2,1-3H3. The number of amides is 1. The quantitative estimate of drug-likeness (QED) is 0.706. The Kier molecular flexibility index (Phi) is 5.10. The van der Waals surface area contributed by atoms with Crippen LogP contribution >= 0.6 is 15.9 Å². The zero-order valence-electron chi connectivity index (χ0n) is 10.0. The molecular formula is C12H22BrNO. The number of likely N-dealkylation sites (tertiary alicyclic amines) is 1. The van der Waals surface area contributed by atoms with Gasteiger partial charge in [-0.05, 0) is 25.7 Å². The zero-order chi connectivity index (χ0) is 11.4. The minimum atomic E-state index is 0.0741. The van der Waals surface area contributed by atoms with Gasteiger partial charge in [-0.15, -0.1) is 0 Å². The Morgan fingerprint density at radius 3 is 2.53 bits per heavy atom. The van der Waals surface area contributed by atoms with Crippen molar-refractivity contribution in [3.05, 3.63) is 0 Å². The maximum absolute atomic E-state index is 11.7. The Morgan fingerprint density at radius 2 is 2.07 bits per heavy atom. The van der Waals surface area contributed by atoms with Crippen LogP contribution < -0.4 is 0 Å². The molecule has 0 spiro atoms. The summed E-state index contributed by atoms with van der Waals surface area (Å²) in [4.78, 5) is 13.8. The highest BCUT2D eigenvalue weighted by Crippen LogP contribution is 2.23. The average molecular weight is 276 g/mol. The number of rotatable bonds is 5. The Bertz CT molecular complexity index is 218. The highest BCUT2D eigenvalue weighted by Gasteiger charge is 2.31. The van der Waals surface area contributed by atoms with Gasteiger partial charge in [0.15, 0.2) is 0 Å². The van der Waals surface area contributed by atoms with Gasteiger partial charge in [-0.1, -0.05) is 42.6 Å². The number of carbonyl (C=O) groups excluding carboxylic acids is 1. The predicted molar refractivity (Wildman–Crippen MR) is 67.2 cm³/mol. The Morgan fingerprint density at radius 1 is 1.40 bits per heavy atom. The van der Waals surface area contributed by atoms with Gasteiger partial charge in [-0.3, -0.25) is 4.79 Å². The highest BCUT2D eigenvalue weighted by molar-refractivity contribution is 9.10. The second-order valence-corrected chi connectivity index (χ2v) is 6.07. The third-order valence-corrected chi connectivity index (χ3v) is 3.96. The molecular weight excluding hydrogens is 254 g/mol. The van der Waals surface area contributed by atoms with Crippen LogP contribution in [-0.4, -0.2) is 28.2 Å². The minimum absolute atomic E-state index is 0.0741. The first kappa shape index (κ1) is 13.0. The monoisotopic (exact) mass is 275 g/mol. The van der Waals surface area contributed by atoms with E-state index in [1.54, 1.807) is 0 Å². The lowest BCUT2D eigenvalue weighted by Crippen LogP contribution is -2.35. The van der Waals surface area contributed by atoms with Crippen molar-refractivity contribution >= 4 is 21.8 Å². The van der Waals surface area contributed by atoms with E-state index in [0.717, 1.165) is 25.3 Å². The van der Waals surface area contributed by atoms with Crippen molar-refractivity contribution in [2.75, 3.05) is 6.54 Å². The van der Waals surface area contributed by atoms with Crippen LogP contribution in [-0.2, 0) is 4.79 Å². The van der Waals surface area contributed by atoms with E-state index >= 15 is 0 Å². The van der Waals surface area contributed by atoms with E-state index < -0.39 is 0 Å². The van der Waals surface area contributed by atoms with Gasteiger partial charge in [-0.2, -0.15) is 0 Å². The molecule has 1 aliphatic heterocycles. The molecule has 88 valence electrons. The number of hydrogen-bond donors (Lipinski definition) is 0. The van der Waals surface area contributed by atoms with Crippen molar-refractivity contribution in [2.45, 2.75) is 57.3 Å². The average Bonchev–Trinajstić information content (AvgIpc) is 2.47. The highest BCUT2D eigenvalue weighted by atomic mass is 79.9. The molecule has 0 aromatic carbocycles. The van der Waals surface area contributed by atoms with Crippen molar-refractivity contribution in [2.24, 2.45) is 5.92 Å². The third kappa shape index (κ3) is 3.78. The lowest BCUT2D eigenvalue weighted by molar-refractivity contribution is -0.128. The molecule has 15 heavy (non-hydrogen) atoms. The van der Waals surface area contributed by atoms with Gasteiger partial charge in [0, 0.05) is 12.6 Å². The van der Waals surface area contributed by atoms with Crippen molar-refractivity contribution in [1.82, 2.24) is 4.90 Å². The van der Waals surface area contributed by atoms with Crippen molar-refractivity contribution in [3.8, 4) is 0 Å². The van der Waals surface area contributed by atoms with E-state index in [0.29, 0.717) is 6.04 Å². The summed E-state index contributed by atoms with van der Waals surface area (Å²) in [6, 6.07) is 0.416. The first-order valence-electron chi connectivity index (χ1n) is 5.97. The number of nitrogens with zero attached hydrogens (tertiary/aromatic N) is 1. The first-order valence-corrected chi connectivity index (χ1v) is 6.88. The van der Waals surface area contributed by atoms with E-state index in [1.807, 2.05) is 4.90 Å². The smallest absolute Gasteiger partial charge is 0.236 e. The number of alkyl halides is 1. The molecule has 1 fully saturated rings. The number of hydrogen-bond acceptors (Lipinski definition) is 1. The summed E-state index contributed by atoms with van der Waals surface area (Å²) < 4.78 is 0. The van der Waals surface area contributed by atoms with Gasteiger partial charge in [0.2, 0.25) is 5.91 Å². The number of carbonyl (C=O) groups is 1. The molecule has 0 aromatic rings. The van der Waals surface area contributed by atoms with E-state index in [-0.39, 0.29) is 10.7 Å². The largest absolute Gasteiger partial charge is 0.339 e. The molecule has 1 saturated heterocycles. The summed E-state index contributed by atoms with van der Waals surface area (Å²) in [5, 5.41) is 0. The summed E-state index contributed by atoms with van der Waals surface area (Å²) in [7, 11) is 0. The molecule has 3 heteroatoms. The fraction of sp³-hybridized carbons (Fsp3) is 0.917. The molecule has 1 aliphatic rings. The van der Waals surface area contributed by atoms with Crippen LogP contribution in [0.2, 0.25) is 0 Å². The first-order chi connectivity index (χ1) is 7.02. The van der Waals surface area contributed by atoms with Crippen LogP contribution in [0.5, 0.6) is 0 Å². The molecule has 1 amide bonds. The maximum atomic E-state index is 11.7. The second-order valence-electron chi connectivity index (χ2n) is 4.96. The van der Waals surface area contributed by atoms with E-state index in [1.165, 1.54) is 12.8 Å². The maximum Gasteiger partial charge on any atom is 0.236 e. The van der Waals surface area contributed by atoms with Gasteiger partial charge in [0.1, 0.15) is 0 Å². The van der Waals surface area contributed by atoms with Gasteiger partial charge in [0.05, 0.1) is 4.83 Å². The lowest BCUT2D eigenvalue weighted by atomic mass is 10.0. The molecule has 0 bridgehead atoms. The summed E-state index contributed by atoms with van der Waals surface area (Å²) in [5.74, 6) is 1.06. The molecule has 1 heterocycles. The van der Waals surface area contributed by atoms with Gasteiger partial charge in [0.25, 0.3) is 0 Å². The lowest BCUT2D eigenvalue weighted by Gasteiger charge is -2.24. The molecule has 2 nitrogen and oxygen atoms in total. The molecule has 0 N–H and O–H groups in total.